The van der Waals surface area contributed by atoms with Crippen LogP contribution in [-0.2, 0) is 9.53 Å². The number of nitrogens with one attached hydrogen (secondary N) is 3. The molecule has 9 heteroatoms. The number of carbonyl (C=O) groups is 2. The fourth-order valence-electron chi connectivity index (χ4n) is 4.36. The molecule has 1 aliphatic rings. The summed E-state index contributed by atoms with van der Waals surface area (Å²) < 4.78 is 6.15. The van der Waals surface area contributed by atoms with Crippen LogP contribution in [-0.4, -0.2) is 28.8 Å². The molecule has 1 heterocycles. The summed E-state index contributed by atoms with van der Waals surface area (Å²) in [5, 5.41) is 12.5. The largest absolute Gasteiger partial charge is 0.449 e. The number of amides is 2. The van der Waals surface area contributed by atoms with Crippen LogP contribution in [0.3, 0.4) is 0 Å². The number of hydrogen-bond acceptors (Lipinski definition) is 6. The van der Waals surface area contributed by atoms with E-state index >= 15 is 0 Å². The van der Waals surface area contributed by atoms with E-state index in [2.05, 4.69) is 45.1 Å². The van der Waals surface area contributed by atoms with Crippen molar-refractivity contribution in [2.75, 3.05) is 11.9 Å². The maximum absolute atomic E-state index is 12.9. The van der Waals surface area contributed by atoms with Gasteiger partial charge in [-0.25, -0.2) is 4.79 Å². The molecule has 1 unspecified atom stereocenters. The van der Waals surface area contributed by atoms with Gasteiger partial charge in [-0.05, 0) is 40.0 Å². The number of rotatable bonds is 7. The maximum Gasteiger partial charge on any atom is 0.407 e. The summed E-state index contributed by atoms with van der Waals surface area (Å²) in [6, 6.07) is 25.1. The van der Waals surface area contributed by atoms with Gasteiger partial charge in [0, 0.05) is 5.92 Å². The molecular weight excluding hydrogens is 480 g/mol. The summed E-state index contributed by atoms with van der Waals surface area (Å²) in [4.78, 5) is 25.5. The number of carbonyl (C=O) groups excluding carboxylic acids is 2. The lowest BCUT2D eigenvalue weighted by atomic mass is 9.98. The molecule has 1 atom stereocenters. The highest BCUT2D eigenvalue weighted by Crippen LogP contribution is 2.44. The molecule has 5 rings (SSSR count). The summed E-state index contributed by atoms with van der Waals surface area (Å²) in [6.07, 6.45) is -0.565. The van der Waals surface area contributed by atoms with E-state index in [4.69, 9.17) is 17.0 Å². The molecule has 176 valence electrons. The third-order valence-corrected chi connectivity index (χ3v) is 6.92. The van der Waals surface area contributed by atoms with Crippen LogP contribution in [0.15, 0.2) is 78.9 Å². The number of aromatic nitrogens is 2. The van der Waals surface area contributed by atoms with Crippen molar-refractivity contribution in [1.29, 1.82) is 0 Å². The Kier molecular flexibility index (Phi) is 6.69. The first-order chi connectivity index (χ1) is 17.1. The zero-order valence-electron chi connectivity index (χ0n) is 18.6. The quantitative estimate of drug-likeness (QED) is 0.277. The van der Waals surface area contributed by atoms with Crippen molar-refractivity contribution >= 4 is 40.7 Å². The molecular formula is C26H22N4O3S2. The van der Waals surface area contributed by atoms with Gasteiger partial charge in [-0.3, -0.25) is 9.89 Å². The normalized spacial score (nSPS) is 12.9. The second-order valence-corrected chi connectivity index (χ2v) is 9.77. The molecule has 0 saturated carbocycles. The topological polar surface area (TPSA) is 96.1 Å². The third-order valence-electron chi connectivity index (χ3n) is 5.91. The van der Waals surface area contributed by atoms with Crippen LogP contribution in [0.2, 0.25) is 0 Å². The van der Waals surface area contributed by atoms with Crippen molar-refractivity contribution in [1.82, 2.24) is 15.5 Å². The number of aromatic amines is 1. The molecule has 1 aromatic heterocycles. The predicted octanol–water partition coefficient (Wildman–Crippen LogP) is 5.81. The Hall–Kier alpha value is -3.82. The van der Waals surface area contributed by atoms with Crippen LogP contribution in [0.5, 0.6) is 0 Å². The molecule has 0 aliphatic heterocycles. The number of anilines is 1. The highest BCUT2D eigenvalue weighted by Gasteiger charge is 2.29. The molecule has 4 aromatic rings. The number of ether oxygens (including phenoxy) is 1. The fraction of sp³-hybridized carbons (Fsp3) is 0.154. The highest BCUT2D eigenvalue weighted by molar-refractivity contribution is 7.73. The summed E-state index contributed by atoms with van der Waals surface area (Å²) in [6.45, 7) is 0.199. The first kappa shape index (κ1) is 22.9. The number of hydrogen-bond donors (Lipinski definition) is 3. The van der Waals surface area contributed by atoms with E-state index in [-0.39, 0.29) is 24.9 Å². The van der Waals surface area contributed by atoms with Crippen LogP contribution < -0.4 is 10.6 Å². The van der Waals surface area contributed by atoms with Crippen molar-refractivity contribution in [2.24, 2.45) is 0 Å². The smallest absolute Gasteiger partial charge is 0.407 e. The Morgan fingerprint density at radius 3 is 2.23 bits per heavy atom. The predicted molar refractivity (Wildman–Crippen MR) is 138 cm³/mol. The monoisotopic (exact) mass is 502 g/mol. The van der Waals surface area contributed by atoms with Crippen molar-refractivity contribution < 1.29 is 14.3 Å². The molecule has 1 aliphatic carbocycles. The Morgan fingerprint density at radius 2 is 1.60 bits per heavy atom. The van der Waals surface area contributed by atoms with Crippen molar-refractivity contribution in [2.45, 2.75) is 18.4 Å². The van der Waals surface area contributed by atoms with E-state index in [0.29, 0.717) is 9.09 Å². The summed E-state index contributed by atoms with van der Waals surface area (Å²) in [5.74, 6) is -0.337. The Labute approximate surface area is 211 Å². The molecule has 2 amide bonds. The van der Waals surface area contributed by atoms with E-state index < -0.39 is 12.1 Å². The van der Waals surface area contributed by atoms with Crippen LogP contribution >= 0.6 is 23.6 Å². The van der Waals surface area contributed by atoms with Gasteiger partial charge in [0.1, 0.15) is 6.61 Å². The van der Waals surface area contributed by atoms with E-state index in [1.54, 1.807) is 0 Å². The summed E-state index contributed by atoms with van der Waals surface area (Å²) in [7, 11) is 0. The van der Waals surface area contributed by atoms with Crippen molar-refractivity contribution in [3.05, 3.63) is 99.5 Å². The highest BCUT2D eigenvalue weighted by atomic mass is 32.1. The molecule has 3 aromatic carbocycles. The van der Waals surface area contributed by atoms with Gasteiger partial charge in [-0.1, -0.05) is 90.2 Å². The van der Waals surface area contributed by atoms with Gasteiger partial charge in [0.25, 0.3) is 0 Å². The third kappa shape index (κ3) is 5.16. The van der Waals surface area contributed by atoms with Crippen molar-refractivity contribution in [3.63, 3.8) is 0 Å². The molecule has 3 N–H and O–H groups in total. The molecule has 35 heavy (non-hydrogen) atoms. The van der Waals surface area contributed by atoms with E-state index in [9.17, 15) is 9.59 Å². The average Bonchev–Trinajstić information content (AvgIpc) is 3.43. The lowest BCUT2D eigenvalue weighted by molar-refractivity contribution is -0.116. The van der Waals surface area contributed by atoms with Gasteiger partial charge in [-0.2, -0.15) is 0 Å². The fourth-order valence-corrected chi connectivity index (χ4v) is 5.16. The van der Waals surface area contributed by atoms with Crippen LogP contribution in [0.25, 0.3) is 11.1 Å². The summed E-state index contributed by atoms with van der Waals surface area (Å²) in [5.41, 5.74) is 5.41. The molecule has 7 nitrogen and oxygen atoms in total. The molecule has 0 saturated heterocycles. The SMILES string of the molecule is O=C(CC(NC(=O)OCC1c2ccccc2-c2ccccc21)c1ccccc1)Nc1n[nH]c(=S)s1. The van der Waals surface area contributed by atoms with Gasteiger partial charge in [-0.15, -0.1) is 5.10 Å². The standard InChI is InChI=1S/C26H22N4O3S2/c31-23(28-24-29-30-26(34)35-24)14-22(16-8-2-1-3-9-16)27-25(32)33-15-21-19-12-6-4-10-17(19)18-11-5-7-13-20(18)21/h1-13,21-22H,14-15H2,(H,27,32)(H,30,34)(H,28,29,31). The van der Waals surface area contributed by atoms with Gasteiger partial charge < -0.3 is 15.4 Å². The Bertz CT molecular complexity index is 1370. The number of benzene rings is 3. The number of alkyl carbamates (subject to hydrolysis) is 1. The zero-order chi connectivity index (χ0) is 24.2. The molecule has 0 radical (unpaired) electrons. The zero-order valence-corrected chi connectivity index (χ0v) is 20.2. The second kappa shape index (κ2) is 10.2. The maximum atomic E-state index is 12.9. The first-order valence-corrected chi connectivity index (χ1v) is 12.3. The van der Waals surface area contributed by atoms with Gasteiger partial charge in [0.05, 0.1) is 12.5 Å². The van der Waals surface area contributed by atoms with E-state index in [1.165, 1.54) is 11.3 Å². The Morgan fingerprint density at radius 1 is 0.971 bits per heavy atom. The van der Waals surface area contributed by atoms with Crippen LogP contribution in [0, 0.1) is 3.95 Å². The second-order valence-electron chi connectivity index (χ2n) is 8.10. The number of H-pyrrole nitrogens is 1. The Balaban J connectivity index is 1.27. The lowest BCUT2D eigenvalue weighted by Gasteiger charge is -2.20. The molecule has 0 bridgehead atoms. The van der Waals surface area contributed by atoms with Gasteiger partial charge in [0.2, 0.25) is 11.0 Å². The van der Waals surface area contributed by atoms with Crippen LogP contribution in [0.1, 0.15) is 35.1 Å². The van der Waals surface area contributed by atoms with Gasteiger partial charge >= 0.3 is 6.09 Å². The van der Waals surface area contributed by atoms with E-state index in [1.807, 2.05) is 54.6 Å². The van der Waals surface area contributed by atoms with Gasteiger partial charge in [0.15, 0.2) is 3.95 Å². The average molecular weight is 503 g/mol. The first-order valence-electron chi connectivity index (χ1n) is 11.1. The van der Waals surface area contributed by atoms with E-state index in [0.717, 1.165) is 27.8 Å². The van der Waals surface area contributed by atoms with Crippen molar-refractivity contribution in [3.8, 4) is 11.1 Å². The molecule has 0 spiro atoms. The number of fused-ring (bicyclic) bond motifs is 3. The summed E-state index contributed by atoms with van der Waals surface area (Å²) >= 11 is 6.17. The minimum atomic E-state index is -0.580. The minimum Gasteiger partial charge on any atom is -0.449 e. The lowest BCUT2D eigenvalue weighted by Crippen LogP contribution is -2.32. The number of nitrogens with zero attached hydrogens (tertiary/aromatic N) is 1. The minimum absolute atomic E-state index is 0.0144. The molecule has 0 fully saturated rings. The van der Waals surface area contributed by atoms with Crippen LogP contribution in [0.4, 0.5) is 9.93 Å².